The molecule has 6 aromatic rings. The van der Waals surface area contributed by atoms with Gasteiger partial charge in [-0.15, -0.1) is 11.8 Å². The zero-order valence-electron chi connectivity index (χ0n) is 24.8. The van der Waals surface area contributed by atoms with Gasteiger partial charge in [-0.25, -0.2) is 0 Å². The first-order chi connectivity index (χ1) is 22.2. The Balaban J connectivity index is 1.21. The number of nitrogens with one attached hydrogen (secondary N) is 1. The van der Waals surface area contributed by atoms with Crippen LogP contribution in [0.2, 0.25) is 0 Å². The molecular weight excluding hydrogens is 583 g/mol. The summed E-state index contributed by atoms with van der Waals surface area (Å²) >= 11 is 3.89. The number of rotatable bonds is 2. The van der Waals surface area contributed by atoms with Gasteiger partial charge in [0.15, 0.2) is 0 Å². The van der Waals surface area contributed by atoms with Gasteiger partial charge in [-0.1, -0.05) is 115 Å². The lowest BCUT2D eigenvalue weighted by atomic mass is 9.67. The first kappa shape index (κ1) is 25.8. The van der Waals surface area contributed by atoms with Crippen LogP contribution in [0, 0.1) is 0 Å². The van der Waals surface area contributed by atoms with E-state index in [2.05, 4.69) is 158 Å². The van der Waals surface area contributed by atoms with Crippen LogP contribution < -0.4 is 5.32 Å². The summed E-state index contributed by atoms with van der Waals surface area (Å²) in [5, 5.41) is 6.92. The molecule has 1 spiro atoms. The van der Waals surface area contributed by atoms with Gasteiger partial charge in [-0.05, 0) is 99.1 Å². The van der Waals surface area contributed by atoms with Crippen LogP contribution in [0.1, 0.15) is 34.7 Å². The Bertz CT molecular complexity index is 2250. The Morgan fingerprint density at radius 3 is 2.00 bits per heavy atom. The zero-order valence-corrected chi connectivity index (χ0v) is 26.4. The molecular formula is C42H29NS2. The Kier molecular flexibility index (Phi) is 5.34. The van der Waals surface area contributed by atoms with E-state index in [1.54, 1.807) is 0 Å². The number of fused-ring (bicyclic) bond motifs is 13. The van der Waals surface area contributed by atoms with Crippen molar-refractivity contribution in [1.29, 1.82) is 0 Å². The highest BCUT2D eigenvalue weighted by molar-refractivity contribution is 8.00. The molecule has 1 unspecified atom stereocenters. The molecule has 45 heavy (non-hydrogen) atoms. The smallest absolute Gasteiger partial charge is 0.0736 e. The van der Waals surface area contributed by atoms with Crippen molar-refractivity contribution < 1.29 is 0 Å². The van der Waals surface area contributed by atoms with E-state index in [0.29, 0.717) is 5.25 Å². The van der Waals surface area contributed by atoms with Crippen molar-refractivity contribution in [3.05, 3.63) is 179 Å². The predicted octanol–water partition coefficient (Wildman–Crippen LogP) is 11.0. The number of thioether (sulfide) groups is 1. The molecule has 2 atom stereocenters. The van der Waals surface area contributed by atoms with Gasteiger partial charge in [0.1, 0.15) is 0 Å². The summed E-state index contributed by atoms with van der Waals surface area (Å²) in [6.07, 6.45) is 6.88. The normalized spacial score (nSPS) is 20.9. The van der Waals surface area contributed by atoms with E-state index in [0.717, 1.165) is 5.69 Å². The second kappa shape index (κ2) is 9.29. The maximum Gasteiger partial charge on any atom is 0.0736 e. The minimum atomic E-state index is -0.409. The summed E-state index contributed by atoms with van der Waals surface area (Å²) in [7, 11) is 0. The lowest BCUT2D eigenvalue weighted by Gasteiger charge is -2.40. The largest absolute Gasteiger partial charge is 0.358 e. The number of anilines is 1. The number of allylic oxidation sites excluding steroid dienone is 3. The fourth-order valence-electron chi connectivity index (χ4n) is 8.35. The van der Waals surface area contributed by atoms with Crippen molar-refractivity contribution in [2.75, 3.05) is 5.32 Å². The van der Waals surface area contributed by atoms with Gasteiger partial charge in [0, 0.05) is 36.7 Å². The molecule has 0 bridgehead atoms. The van der Waals surface area contributed by atoms with Crippen LogP contribution in [0.3, 0.4) is 0 Å². The zero-order chi connectivity index (χ0) is 29.8. The second-order valence-corrected chi connectivity index (χ2v) is 14.9. The van der Waals surface area contributed by atoms with Crippen LogP contribution in [-0.4, -0.2) is 5.25 Å². The van der Waals surface area contributed by atoms with E-state index in [1.165, 1.54) is 70.1 Å². The Hall–Kier alpha value is -4.44. The molecule has 0 radical (unpaired) electrons. The number of benzene rings is 6. The van der Waals surface area contributed by atoms with E-state index < -0.39 is 5.41 Å². The van der Waals surface area contributed by atoms with Gasteiger partial charge < -0.3 is 5.32 Å². The molecule has 2 heterocycles. The molecule has 2 aliphatic heterocycles. The quantitative estimate of drug-likeness (QED) is 0.209. The van der Waals surface area contributed by atoms with Crippen molar-refractivity contribution in [2.24, 2.45) is 0 Å². The van der Waals surface area contributed by atoms with Crippen LogP contribution in [-0.2, 0) is 10.8 Å². The summed E-state index contributed by atoms with van der Waals surface area (Å²) in [5.74, 6) is 0. The van der Waals surface area contributed by atoms with Crippen molar-refractivity contribution >= 4 is 40.0 Å². The molecule has 2 aliphatic carbocycles. The average Bonchev–Trinajstić information content (AvgIpc) is 3.55. The second-order valence-electron chi connectivity index (χ2n) is 12.7. The molecule has 0 saturated heterocycles. The van der Waals surface area contributed by atoms with Crippen molar-refractivity contribution in [2.45, 2.75) is 37.7 Å². The topological polar surface area (TPSA) is 12.0 Å². The monoisotopic (exact) mass is 611 g/mol. The number of hydrogen-bond donors (Lipinski definition) is 1. The van der Waals surface area contributed by atoms with Crippen molar-refractivity contribution in [3.63, 3.8) is 0 Å². The van der Waals surface area contributed by atoms with Gasteiger partial charge in [0.05, 0.1) is 5.41 Å². The van der Waals surface area contributed by atoms with Gasteiger partial charge in [-0.3, -0.25) is 0 Å². The third-order valence-corrected chi connectivity index (χ3v) is 13.1. The standard InChI is InChI=1S/C42H29NS2/c1-41-33-17-8-9-18-36(33)45-40(41)20-10-19-39(41)43-28-21-22-37-35(25-28)42(34-23-26-11-2-3-12-27(26)24-38(34)44-37)31-15-6-4-13-29(31)30-14-5-7-16-32(30)42/h2-25,40,43H,1H3/t40?,41-/m0/s1. The molecule has 10 rings (SSSR count). The summed E-state index contributed by atoms with van der Waals surface area (Å²) in [6, 6.07) is 47.8. The summed E-state index contributed by atoms with van der Waals surface area (Å²) in [4.78, 5) is 4.04. The van der Waals surface area contributed by atoms with E-state index in [1.807, 2.05) is 23.5 Å². The molecule has 0 saturated carbocycles. The minimum absolute atomic E-state index is 0.115. The highest BCUT2D eigenvalue weighted by atomic mass is 32.2. The fourth-order valence-corrected chi connectivity index (χ4v) is 11.1. The molecule has 0 fully saturated rings. The Morgan fingerprint density at radius 2 is 1.22 bits per heavy atom. The SMILES string of the molecule is C[C@]12C(Nc3ccc4c(c3)C3(c5cc6ccccc6cc5S4)c4ccccc4-c4ccccc43)=CC=CC1Sc1ccccc12. The molecule has 3 heteroatoms. The predicted molar refractivity (Wildman–Crippen MR) is 190 cm³/mol. The highest BCUT2D eigenvalue weighted by Crippen LogP contribution is 2.63. The average molecular weight is 612 g/mol. The van der Waals surface area contributed by atoms with Gasteiger partial charge >= 0.3 is 0 Å². The van der Waals surface area contributed by atoms with Crippen molar-refractivity contribution in [3.8, 4) is 11.1 Å². The van der Waals surface area contributed by atoms with Gasteiger partial charge in [0.2, 0.25) is 0 Å². The minimum Gasteiger partial charge on any atom is -0.358 e. The maximum atomic E-state index is 3.98. The van der Waals surface area contributed by atoms with Crippen LogP contribution in [0.5, 0.6) is 0 Å². The lowest BCUT2D eigenvalue weighted by Crippen LogP contribution is -2.36. The maximum absolute atomic E-state index is 3.98. The molecule has 0 amide bonds. The fraction of sp³-hybridized carbons (Fsp3) is 0.0952. The molecule has 214 valence electrons. The van der Waals surface area contributed by atoms with Crippen LogP contribution >= 0.6 is 23.5 Å². The van der Waals surface area contributed by atoms with E-state index in [-0.39, 0.29) is 5.41 Å². The van der Waals surface area contributed by atoms with E-state index in [9.17, 15) is 0 Å². The Morgan fingerprint density at radius 1 is 0.578 bits per heavy atom. The molecule has 1 nitrogen and oxygen atoms in total. The summed E-state index contributed by atoms with van der Waals surface area (Å²) in [6.45, 7) is 2.40. The van der Waals surface area contributed by atoms with Crippen LogP contribution in [0.15, 0.2) is 166 Å². The summed E-state index contributed by atoms with van der Waals surface area (Å²) in [5.41, 5.74) is 11.4. The first-order valence-corrected chi connectivity index (χ1v) is 17.3. The first-order valence-electron chi connectivity index (χ1n) is 15.6. The van der Waals surface area contributed by atoms with E-state index >= 15 is 0 Å². The van der Waals surface area contributed by atoms with Crippen LogP contribution in [0.25, 0.3) is 21.9 Å². The molecule has 1 N–H and O–H groups in total. The van der Waals surface area contributed by atoms with E-state index in [4.69, 9.17) is 0 Å². The lowest BCUT2D eigenvalue weighted by molar-refractivity contribution is 0.582. The highest BCUT2D eigenvalue weighted by Gasteiger charge is 2.51. The van der Waals surface area contributed by atoms with Crippen LogP contribution in [0.4, 0.5) is 5.69 Å². The molecule has 0 aromatic heterocycles. The Labute approximate surface area is 272 Å². The van der Waals surface area contributed by atoms with Gasteiger partial charge in [-0.2, -0.15) is 0 Å². The number of hydrogen-bond acceptors (Lipinski definition) is 3. The third kappa shape index (κ3) is 3.38. The van der Waals surface area contributed by atoms with Gasteiger partial charge in [0.25, 0.3) is 0 Å². The summed E-state index contributed by atoms with van der Waals surface area (Å²) < 4.78 is 0. The van der Waals surface area contributed by atoms with Crippen molar-refractivity contribution in [1.82, 2.24) is 0 Å². The third-order valence-electron chi connectivity index (χ3n) is 10.5. The molecule has 6 aromatic carbocycles. The molecule has 4 aliphatic rings.